The first-order valence-corrected chi connectivity index (χ1v) is 12.1. The molecule has 1 aliphatic rings. The number of anilines is 1. The zero-order chi connectivity index (χ0) is 23.2. The van der Waals surface area contributed by atoms with Gasteiger partial charge >= 0.3 is 5.97 Å². The summed E-state index contributed by atoms with van der Waals surface area (Å²) in [4.78, 5) is 21.8. The normalized spacial score (nSPS) is 13.8. The van der Waals surface area contributed by atoms with Crippen molar-refractivity contribution >= 4 is 23.1 Å². The minimum Gasteiger partial charge on any atom is -0.494 e. The van der Waals surface area contributed by atoms with Crippen LogP contribution in [0.25, 0.3) is 0 Å². The molecular weight excluding hydrogens is 441 g/mol. The first kappa shape index (κ1) is 23.2. The molecule has 8 heteroatoms. The number of carboxylic acid groups (broad SMARTS) is 1. The van der Waals surface area contributed by atoms with Crippen molar-refractivity contribution in [2.75, 3.05) is 19.0 Å². The zero-order valence-corrected chi connectivity index (χ0v) is 19.5. The number of hydrogen-bond donors (Lipinski definition) is 2. The van der Waals surface area contributed by atoms with Crippen LogP contribution in [0.3, 0.4) is 0 Å². The van der Waals surface area contributed by atoms with Crippen molar-refractivity contribution in [2.45, 2.75) is 50.9 Å². The number of unbranched alkanes of at least 4 members (excludes halogenated alkanes) is 1. The molecule has 4 rings (SSSR count). The Kier molecular flexibility index (Phi) is 7.54. The first-order chi connectivity index (χ1) is 16.0. The van der Waals surface area contributed by atoms with Crippen LogP contribution in [-0.2, 0) is 24.1 Å². The van der Waals surface area contributed by atoms with Crippen LogP contribution >= 0.6 is 11.3 Å². The standard InChI is InChI=1S/C25H28FN3O3S/c1-32-22-11-9-17(13-21(22)26)20(14-23(30)31)25-28-15-19(33-25)7-3-2-6-18-10-8-16-5-4-12-27-24(16)29-18/h8-11,13,15,20H,2-7,12,14H2,1H3,(H,27,29)(H,30,31). The molecule has 33 heavy (non-hydrogen) atoms. The summed E-state index contributed by atoms with van der Waals surface area (Å²) in [6, 6.07) is 8.88. The Morgan fingerprint density at radius 3 is 2.91 bits per heavy atom. The largest absolute Gasteiger partial charge is 0.494 e. The number of carboxylic acids is 1. The average molecular weight is 470 g/mol. The number of methoxy groups -OCH3 is 1. The van der Waals surface area contributed by atoms with E-state index >= 15 is 0 Å². The molecular formula is C25H28FN3O3S. The SMILES string of the molecule is COc1ccc(C(CC(=O)O)c2ncc(CCCCc3ccc4c(n3)NCCC4)s2)cc1F. The number of ether oxygens (including phenoxy) is 1. The van der Waals surface area contributed by atoms with Crippen molar-refractivity contribution in [3.05, 3.63) is 69.1 Å². The van der Waals surface area contributed by atoms with E-state index in [1.165, 1.54) is 36.1 Å². The number of aromatic nitrogens is 2. The van der Waals surface area contributed by atoms with Crippen LogP contribution in [0, 0.1) is 5.82 Å². The van der Waals surface area contributed by atoms with E-state index < -0.39 is 17.7 Å². The van der Waals surface area contributed by atoms with Gasteiger partial charge < -0.3 is 15.2 Å². The van der Waals surface area contributed by atoms with Crippen LogP contribution in [-0.4, -0.2) is 34.7 Å². The Balaban J connectivity index is 1.36. The van der Waals surface area contributed by atoms with E-state index in [2.05, 4.69) is 22.4 Å². The second-order valence-electron chi connectivity index (χ2n) is 8.26. The van der Waals surface area contributed by atoms with Crippen molar-refractivity contribution in [3.8, 4) is 5.75 Å². The summed E-state index contributed by atoms with van der Waals surface area (Å²) in [6.45, 7) is 0.989. The molecule has 1 atom stereocenters. The highest BCUT2D eigenvalue weighted by Crippen LogP contribution is 2.33. The summed E-state index contributed by atoms with van der Waals surface area (Å²) in [7, 11) is 1.40. The summed E-state index contributed by atoms with van der Waals surface area (Å²) < 4.78 is 19.2. The fourth-order valence-electron chi connectivity index (χ4n) is 4.13. The van der Waals surface area contributed by atoms with Crippen LogP contribution in [0.15, 0.2) is 36.5 Å². The number of nitrogens with zero attached hydrogens (tertiary/aromatic N) is 2. The number of pyridine rings is 1. The predicted molar refractivity (Wildman–Crippen MR) is 127 cm³/mol. The third-order valence-electron chi connectivity index (χ3n) is 5.88. The van der Waals surface area contributed by atoms with Gasteiger partial charge in [0, 0.05) is 29.2 Å². The van der Waals surface area contributed by atoms with Crippen molar-refractivity contribution in [1.29, 1.82) is 0 Å². The molecule has 0 amide bonds. The molecule has 0 bridgehead atoms. The molecule has 3 heterocycles. The van der Waals surface area contributed by atoms with Gasteiger partial charge in [-0.3, -0.25) is 4.79 Å². The Labute approximate surface area is 196 Å². The number of benzene rings is 1. The van der Waals surface area contributed by atoms with Gasteiger partial charge in [0.2, 0.25) is 0 Å². The molecule has 1 aliphatic heterocycles. The molecule has 0 fully saturated rings. The summed E-state index contributed by atoms with van der Waals surface area (Å²) >= 11 is 1.50. The molecule has 3 aromatic rings. The third-order valence-corrected chi connectivity index (χ3v) is 7.06. The van der Waals surface area contributed by atoms with Crippen molar-refractivity contribution < 1.29 is 19.0 Å². The lowest BCUT2D eigenvalue weighted by Crippen LogP contribution is -2.14. The van der Waals surface area contributed by atoms with E-state index in [0.29, 0.717) is 10.6 Å². The van der Waals surface area contributed by atoms with Crippen molar-refractivity contribution in [3.63, 3.8) is 0 Å². The van der Waals surface area contributed by atoms with E-state index in [-0.39, 0.29) is 12.2 Å². The summed E-state index contributed by atoms with van der Waals surface area (Å²) in [6.07, 6.45) is 7.73. The third kappa shape index (κ3) is 5.87. The van der Waals surface area contributed by atoms with Crippen LogP contribution < -0.4 is 10.1 Å². The minimum atomic E-state index is -0.944. The van der Waals surface area contributed by atoms with Crippen molar-refractivity contribution in [2.24, 2.45) is 0 Å². The van der Waals surface area contributed by atoms with E-state index in [9.17, 15) is 14.3 Å². The monoisotopic (exact) mass is 469 g/mol. The van der Waals surface area contributed by atoms with E-state index in [4.69, 9.17) is 9.72 Å². The predicted octanol–water partition coefficient (Wildman–Crippen LogP) is 5.22. The lowest BCUT2D eigenvalue weighted by Gasteiger charge is -2.17. The number of hydrogen-bond acceptors (Lipinski definition) is 6. The number of aryl methyl sites for hydroxylation is 3. The topological polar surface area (TPSA) is 84.3 Å². The van der Waals surface area contributed by atoms with Gasteiger partial charge in [0.25, 0.3) is 0 Å². The number of halogens is 1. The highest BCUT2D eigenvalue weighted by Gasteiger charge is 2.22. The number of thiazole rings is 1. The molecule has 1 aromatic carbocycles. The minimum absolute atomic E-state index is 0.136. The Hall–Kier alpha value is -3.00. The molecule has 0 radical (unpaired) electrons. The van der Waals surface area contributed by atoms with Gasteiger partial charge in [0.1, 0.15) is 10.8 Å². The van der Waals surface area contributed by atoms with Gasteiger partial charge in [-0.15, -0.1) is 11.3 Å². The highest BCUT2D eigenvalue weighted by atomic mass is 32.1. The number of aliphatic carboxylic acids is 1. The average Bonchev–Trinajstić information content (AvgIpc) is 3.28. The van der Waals surface area contributed by atoms with Crippen LogP contribution in [0.2, 0.25) is 0 Å². The second kappa shape index (κ2) is 10.7. The smallest absolute Gasteiger partial charge is 0.304 e. The van der Waals surface area contributed by atoms with Crippen LogP contribution in [0.4, 0.5) is 10.2 Å². The Morgan fingerprint density at radius 2 is 2.12 bits per heavy atom. The molecule has 0 aliphatic carbocycles. The fourth-order valence-corrected chi connectivity index (χ4v) is 5.22. The lowest BCUT2D eigenvalue weighted by molar-refractivity contribution is -0.137. The number of fused-ring (bicyclic) bond motifs is 1. The van der Waals surface area contributed by atoms with E-state index in [1.54, 1.807) is 6.07 Å². The summed E-state index contributed by atoms with van der Waals surface area (Å²) in [5.41, 5.74) is 3.00. The Morgan fingerprint density at radius 1 is 1.27 bits per heavy atom. The molecule has 1 unspecified atom stereocenters. The molecule has 0 saturated heterocycles. The maximum Gasteiger partial charge on any atom is 0.304 e. The maximum absolute atomic E-state index is 14.2. The molecule has 0 saturated carbocycles. The van der Waals surface area contributed by atoms with E-state index in [1.807, 2.05) is 6.20 Å². The molecule has 2 N–H and O–H groups in total. The lowest BCUT2D eigenvalue weighted by atomic mass is 9.96. The number of rotatable bonds is 10. The van der Waals surface area contributed by atoms with Gasteiger partial charge in [0.15, 0.2) is 11.6 Å². The van der Waals surface area contributed by atoms with Gasteiger partial charge in [-0.1, -0.05) is 12.1 Å². The first-order valence-electron chi connectivity index (χ1n) is 11.3. The maximum atomic E-state index is 14.2. The second-order valence-corrected chi connectivity index (χ2v) is 9.40. The zero-order valence-electron chi connectivity index (χ0n) is 18.6. The van der Waals surface area contributed by atoms with E-state index in [0.717, 1.165) is 61.5 Å². The van der Waals surface area contributed by atoms with Gasteiger partial charge in [-0.2, -0.15) is 0 Å². The summed E-state index contributed by atoms with van der Waals surface area (Å²) in [5, 5.41) is 13.5. The molecule has 0 spiro atoms. The highest BCUT2D eigenvalue weighted by molar-refractivity contribution is 7.11. The van der Waals surface area contributed by atoms with Crippen molar-refractivity contribution in [1.82, 2.24) is 9.97 Å². The molecule has 6 nitrogen and oxygen atoms in total. The Bertz CT molecular complexity index is 1120. The van der Waals surface area contributed by atoms with Crippen LogP contribution in [0.1, 0.15) is 58.3 Å². The number of carbonyl (C=O) groups is 1. The molecule has 2 aromatic heterocycles. The fraction of sp³-hybridized carbons (Fsp3) is 0.400. The van der Waals surface area contributed by atoms with Gasteiger partial charge in [0.05, 0.1) is 13.5 Å². The summed E-state index contributed by atoms with van der Waals surface area (Å²) in [5.74, 6) is -0.774. The van der Waals surface area contributed by atoms with Crippen LogP contribution in [0.5, 0.6) is 5.75 Å². The number of nitrogens with one attached hydrogen (secondary N) is 1. The van der Waals surface area contributed by atoms with Gasteiger partial charge in [-0.25, -0.2) is 14.4 Å². The quantitative estimate of drug-likeness (QED) is 0.396. The molecule has 174 valence electrons. The van der Waals surface area contributed by atoms with Gasteiger partial charge in [-0.05, 0) is 67.9 Å².